The Morgan fingerprint density at radius 1 is 1.05 bits per heavy atom. The lowest BCUT2D eigenvalue weighted by Gasteiger charge is -2.22. The highest BCUT2D eigenvalue weighted by Gasteiger charge is 2.16. The van der Waals surface area contributed by atoms with Crippen molar-refractivity contribution < 1.29 is 23.9 Å². The fraction of sp³-hybridized carbons (Fsp3) is 0.818. The SMILES string of the molecule is CCOC(=O)NCON(CCN(C)C)C(=O)OCC. The summed E-state index contributed by atoms with van der Waals surface area (Å²) in [7, 11) is 3.75. The van der Waals surface area contributed by atoms with E-state index in [4.69, 9.17) is 9.57 Å². The van der Waals surface area contributed by atoms with Crippen molar-refractivity contribution in [1.82, 2.24) is 15.3 Å². The maximum atomic E-state index is 11.6. The van der Waals surface area contributed by atoms with E-state index in [1.807, 2.05) is 19.0 Å². The summed E-state index contributed by atoms with van der Waals surface area (Å²) >= 11 is 0. The van der Waals surface area contributed by atoms with Crippen molar-refractivity contribution in [2.45, 2.75) is 13.8 Å². The molecule has 2 amide bonds. The highest BCUT2D eigenvalue weighted by atomic mass is 16.7. The topological polar surface area (TPSA) is 80.3 Å². The molecule has 8 nitrogen and oxygen atoms in total. The lowest BCUT2D eigenvalue weighted by molar-refractivity contribution is -0.142. The molecule has 0 aromatic heterocycles. The summed E-state index contributed by atoms with van der Waals surface area (Å²) in [4.78, 5) is 29.6. The van der Waals surface area contributed by atoms with Crippen molar-refractivity contribution in [2.24, 2.45) is 0 Å². The molecule has 0 unspecified atom stereocenters. The van der Waals surface area contributed by atoms with Gasteiger partial charge in [-0.2, -0.15) is 5.06 Å². The van der Waals surface area contributed by atoms with Crippen LogP contribution in [0.5, 0.6) is 0 Å². The molecule has 19 heavy (non-hydrogen) atoms. The van der Waals surface area contributed by atoms with Crippen molar-refractivity contribution >= 4 is 12.2 Å². The van der Waals surface area contributed by atoms with Gasteiger partial charge in [0.15, 0.2) is 0 Å². The van der Waals surface area contributed by atoms with Gasteiger partial charge in [-0.15, -0.1) is 0 Å². The molecule has 0 radical (unpaired) electrons. The number of ether oxygens (including phenoxy) is 2. The van der Waals surface area contributed by atoms with Crippen molar-refractivity contribution in [3.63, 3.8) is 0 Å². The Morgan fingerprint density at radius 3 is 2.21 bits per heavy atom. The first kappa shape index (κ1) is 17.5. The smallest absolute Gasteiger partial charge is 0.434 e. The Labute approximate surface area is 113 Å². The monoisotopic (exact) mass is 277 g/mol. The van der Waals surface area contributed by atoms with Gasteiger partial charge >= 0.3 is 12.2 Å². The molecular formula is C11H23N3O5. The fourth-order valence-electron chi connectivity index (χ4n) is 1.05. The van der Waals surface area contributed by atoms with Crippen LogP contribution in [0.25, 0.3) is 0 Å². The molecule has 0 aliphatic heterocycles. The van der Waals surface area contributed by atoms with Crippen LogP contribution in [0.1, 0.15) is 13.8 Å². The van der Waals surface area contributed by atoms with E-state index >= 15 is 0 Å². The van der Waals surface area contributed by atoms with Gasteiger partial charge in [0, 0.05) is 6.54 Å². The molecule has 0 bridgehead atoms. The molecule has 0 aromatic carbocycles. The van der Waals surface area contributed by atoms with Gasteiger partial charge in [-0.3, -0.25) is 5.32 Å². The molecule has 0 fully saturated rings. The first-order valence-corrected chi connectivity index (χ1v) is 6.13. The molecule has 0 aliphatic carbocycles. The van der Waals surface area contributed by atoms with Gasteiger partial charge < -0.3 is 14.4 Å². The summed E-state index contributed by atoms with van der Waals surface area (Å²) in [5.74, 6) is 0. The van der Waals surface area contributed by atoms with E-state index in [0.29, 0.717) is 13.1 Å². The average molecular weight is 277 g/mol. The minimum absolute atomic E-state index is 0.162. The van der Waals surface area contributed by atoms with Gasteiger partial charge in [0.1, 0.15) is 6.73 Å². The Hall–Kier alpha value is -1.54. The van der Waals surface area contributed by atoms with Crippen molar-refractivity contribution in [3.05, 3.63) is 0 Å². The summed E-state index contributed by atoms with van der Waals surface area (Å²) in [6, 6.07) is 0. The third-order valence-corrected chi connectivity index (χ3v) is 1.93. The molecule has 1 N–H and O–H groups in total. The van der Waals surface area contributed by atoms with Gasteiger partial charge in [-0.05, 0) is 27.9 Å². The number of hydrogen-bond acceptors (Lipinski definition) is 6. The first-order valence-electron chi connectivity index (χ1n) is 6.13. The quantitative estimate of drug-likeness (QED) is 0.518. The van der Waals surface area contributed by atoms with Gasteiger partial charge in [0.2, 0.25) is 0 Å². The minimum atomic E-state index is -0.598. The second-order valence-corrected chi connectivity index (χ2v) is 3.77. The zero-order valence-corrected chi connectivity index (χ0v) is 12.0. The van der Waals surface area contributed by atoms with Crippen LogP contribution in [0.15, 0.2) is 0 Å². The van der Waals surface area contributed by atoms with Crippen LogP contribution >= 0.6 is 0 Å². The maximum absolute atomic E-state index is 11.6. The lowest BCUT2D eigenvalue weighted by Crippen LogP contribution is -2.40. The number of carbonyl (C=O) groups excluding carboxylic acids is 2. The normalized spacial score (nSPS) is 10.2. The third-order valence-electron chi connectivity index (χ3n) is 1.93. The zero-order valence-electron chi connectivity index (χ0n) is 12.0. The number of hydroxylamine groups is 2. The Bertz CT molecular complexity index is 273. The lowest BCUT2D eigenvalue weighted by atomic mass is 10.6. The highest BCUT2D eigenvalue weighted by Crippen LogP contribution is 1.96. The molecule has 112 valence electrons. The molecule has 0 aromatic rings. The maximum Gasteiger partial charge on any atom is 0.434 e. The molecule has 0 heterocycles. The number of likely N-dealkylation sites (N-methyl/N-ethyl adjacent to an activating group) is 1. The van der Waals surface area contributed by atoms with Crippen molar-refractivity contribution in [1.29, 1.82) is 0 Å². The largest absolute Gasteiger partial charge is 0.450 e. The molecular weight excluding hydrogens is 254 g/mol. The molecule has 8 heteroatoms. The molecule has 0 aliphatic rings. The molecule has 0 saturated heterocycles. The number of nitrogens with one attached hydrogen (secondary N) is 1. The van der Waals surface area contributed by atoms with E-state index < -0.39 is 12.2 Å². The van der Waals surface area contributed by atoms with Crippen LogP contribution in [0.4, 0.5) is 9.59 Å². The Kier molecular flexibility index (Phi) is 9.55. The van der Waals surface area contributed by atoms with Crippen LogP contribution in [-0.4, -0.2) is 69.3 Å². The zero-order chi connectivity index (χ0) is 14.7. The second kappa shape index (κ2) is 10.4. The second-order valence-electron chi connectivity index (χ2n) is 3.77. The number of rotatable bonds is 8. The van der Waals surface area contributed by atoms with E-state index in [-0.39, 0.29) is 19.9 Å². The van der Waals surface area contributed by atoms with Gasteiger partial charge in [-0.1, -0.05) is 0 Å². The van der Waals surface area contributed by atoms with E-state index in [1.165, 1.54) is 0 Å². The number of nitrogens with zero attached hydrogens (tertiary/aromatic N) is 2. The summed E-state index contributed by atoms with van der Waals surface area (Å²) in [5, 5.41) is 3.42. The summed E-state index contributed by atoms with van der Waals surface area (Å²) < 4.78 is 9.50. The minimum Gasteiger partial charge on any atom is -0.450 e. The molecule has 0 rings (SSSR count). The third kappa shape index (κ3) is 9.09. The van der Waals surface area contributed by atoms with Crippen molar-refractivity contribution in [3.8, 4) is 0 Å². The fourth-order valence-corrected chi connectivity index (χ4v) is 1.05. The Morgan fingerprint density at radius 2 is 1.68 bits per heavy atom. The number of hydrogen-bond donors (Lipinski definition) is 1. The van der Waals surface area contributed by atoms with Crippen LogP contribution in [0, 0.1) is 0 Å². The average Bonchev–Trinajstić information content (AvgIpc) is 2.33. The standard InChI is InChI=1S/C11H23N3O5/c1-5-17-10(15)12-9-19-14(8-7-13(3)4)11(16)18-6-2/h5-9H2,1-4H3,(H,12,15). The molecule has 0 saturated carbocycles. The van der Waals surface area contributed by atoms with Crippen molar-refractivity contribution in [2.75, 3.05) is 47.1 Å². The van der Waals surface area contributed by atoms with Crippen LogP contribution in [0.2, 0.25) is 0 Å². The summed E-state index contributed by atoms with van der Waals surface area (Å²) in [6.07, 6.45) is -1.19. The van der Waals surface area contributed by atoms with E-state index in [2.05, 4.69) is 10.1 Å². The van der Waals surface area contributed by atoms with Crippen LogP contribution < -0.4 is 5.32 Å². The number of amides is 2. The summed E-state index contributed by atoms with van der Waals surface area (Å²) in [5.41, 5.74) is 0. The molecule has 0 atom stereocenters. The Balaban J connectivity index is 4.10. The number of carbonyl (C=O) groups is 2. The molecule has 0 spiro atoms. The predicted molar refractivity (Wildman–Crippen MR) is 68.4 cm³/mol. The van der Waals surface area contributed by atoms with Gasteiger partial charge in [0.05, 0.1) is 19.8 Å². The first-order chi connectivity index (χ1) is 9.01. The predicted octanol–water partition coefficient (Wildman–Crippen LogP) is 0.642. The van der Waals surface area contributed by atoms with Gasteiger partial charge in [0.25, 0.3) is 0 Å². The van der Waals surface area contributed by atoms with E-state index in [0.717, 1.165) is 5.06 Å². The van der Waals surface area contributed by atoms with Crippen LogP contribution in [0.3, 0.4) is 0 Å². The number of alkyl carbamates (subject to hydrolysis) is 1. The van der Waals surface area contributed by atoms with Gasteiger partial charge in [-0.25, -0.2) is 14.4 Å². The van der Waals surface area contributed by atoms with E-state index in [1.54, 1.807) is 13.8 Å². The highest BCUT2D eigenvalue weighted by molar-refractivity contribution is 5.67. The summed E-state index contributed by atoms with van der Waals surface area (Å²) in [6.45, 7) is 4.71. The van der Waals surface area contributed by atoms with Crippen LogP contribution in [-0.2, 0) is 14.3 Å². The van der Waals surface area contributed by atoms with E-state index in [9.17, 15) is 9.59 Å².